The monoisotopic (exact) mass is 394 g/mol. The number of rotatable bonds is 1. The molecule has 5 heteroatoms. The molecule has 1 aliphatic carbocycles. The topological polar surface area (TPSA) is 81.3 Å². The van der Waals surface area contributed by atoms with Crippen LogP contribution in [-0.2, 0) is 25.9 Å². The molecule has 0 amide bonds. The van der Waals surface area contributed by atoms with Gasteiger partial charge in [0, 0.05) is 0 Å². The van der Waals surface area contributed by atoms with Gasteiger partial charge in [-0.2, -0.15) is 12.0 Å². The van der Waals surface area contributed by atoms with Gasteiger partial charge in [0.25, 0.3) is 0 Å². The second-order valence-corrected chi connectivity index (χ2v) is 3.40. The number of nitrogens with one attached hydrogen (secondary N) is 1. The van der Waals surface area contributed by atoms with E-state index in [1.165, 1.54) is 19.3 Å². The number of hydrogen-bond acceptors (Lipinski definition) is 2. The van der Waals surface area contributed by atoms with Gasteiger partial charge in [-0.25, -0.2) is 4.79 Å². The van der Waals surface area contributed by atoms with E-state index in [9.17, 15) is 4.79 Å². The van der Waals surface area contributed by atoms with E-state index in [4.69, 9.17) is 15.9 Å². The van der Waals surface area contributed by atoms with Gasteiger partial charge in [-0.1, -0.05) is 25.7 Å². The number of carbonyl (C=O) groups is 1. The summed E-state index contributed by atoms with van der Waals surface area (Å²) in [5.74, 6) is -1.78. The quantitative estimate of drug-likeness (QED) is 0.408. The fraction of sp³-hybridized carbons (Fsp3) is 0.600. The molecule has 1 fully saturated rings. The summed E-state index contributed by atoms with van der Waals surface area (Å²) < 4.78 is 0. The number of carboxylic acid groups (broad SMARTS) is 1. The van der Waals surface area contributed by atoms with Crippen LogP contribution in [0.3, 0.4) is 0 Å². The van der Waals surface area contributed by atoms with Crippen molar-refractivity contribution in [3.8, 4) is 0 Å². The van der Waals surface area contributed by atoms with Crippen molar-refractivity contribution in [3.63, 3.8) is 0 Å². The number of hydrogen-bond donors (Lipinski definition) is 2. The van der Waals surface area contributed by atoms with Gasteiger partial charge in [-0.05, 0) is 6.58 Å². The van der Waals surface area contributed by atoms with Crippen LogP contribution >= 0.6 is 0 Å². The molecule has 90 valence electrons. The second-order valence-electron chi connectivity index (χ2n) is 3.40. The summed E-state index contributed by atoms with van der Waals surface area (Å²) in [6.45, 7) is 6.60. The van der Waals surface area contributed by atoms with Gasteiger partial charge < -0.3 is 22.9 Å². The Balaban J connectivity index is 0. The van der Waals surface area contributed by atoms with Gasteiger partial charge in [0.2, 0.25) is 0 Å². The molecule has 3 N–H and O–H groups in total. The van der Waals surface area contributed by atoms with Crippen LogP contribution < -0.4 is 0 Å². The Bertz CT molecular complexity index is 187. The van der Waals surface area contributed by atoms with Crippen LogP contribution in [0.2, 0.25) is 0 Å². The third-order valence-corrected chi connectivity index (χ3v) is 2.16. The van der Waals surface area contributed by atoms with Crippen molar-refractivity contribution in [1.29, 1.82) is 0 Å². The summed E-state index contributed by atoms with van der Waals surface area (Å²) in [6.07, 6.45) is 4.80. The molecular weight excluding hydrogens is 377 g/mol. The second kappa shape index (κ2) is 8.93. The van der Waals surface area contributed by atoms with Gasteiger partial charge in [-0.3, -0.25) is 0 Å². The van der Waals surface area contributed by atoms with Crippen molar-refractivity contribution in [2.24, 2.45) is 5.92 Å². The molecule has 1 aliphatic rings. The van der Waals surface area contributed by atoms with Gasteiger partial charge in [0.05, 0.1) is 0 Å². The van der Waals surface area contributed by atoms with Crippen molar-refractivity contribution in [2.75, 3.05) is 0 Å². The number of aliphatic carboxylic acids is 1. The first-order valence-electron chi connectivity index (χ1n) is 4.60. The molecule has 0 bridgehead atoms. The average Bonchev–Trinajstić information content (AvgIpc) is 2.11. The van der Waals surface area contributed by atoms with Crippen LogP contribution in [-0.4, -0.2) is 22.2 Å². The van der Waals surface area contributed by atoms with E-state index in [2.05, 4.69) is 13.5 Å². The minimum atomic E-state index is -1.38. The first-order valence-corrected chi connectivity index (χ1v) is 4.60. The zero-order chi connectivity index (χ0) is 11.1. The third-order valence-electron chi connectivity index (χ3n) is 2.16. The largest absolute Gasteiger partial charge is 2.00 e. The van der Waals surface area contributed by atoms with Gasteiger partial charge in [0.1, 0.15) is 0 Å². The van der Waals surface area contributed by atoms with Crippen LogP contribution in [0.4, 0.5) is 0 Å². The Morgan fingerprint density at radius 3 is 1.93 bits per heavy atom. The summed E-state index contributed by atoms with van der Waals surface area (Å²) >= 11 is 0. The molecule has 2 atom stereocenters. The third kappa shape index (κ3) is 8.64. The summed E-state index contributed by atoms with van der Waals surface area (Å²) in [4.78, 5) is 9.35. The first-order chi connectivity index (χ1) is 6.45. The molecule has 0 aromatic heterocycles. The Morgan fingerprint density at radius 1 is 1.33 bits per heavy atom. The molecule has 0 radical (unpaired) electrons. The van der Waals surface area contributed by atoms with Crippen molar-refractivity contribution in [1.82, 2.24) is 0 Å². The Morgan fingerprint density at radius 2 is 1.73 bits per heavy atom. The minimum Gasteiger partial charge on any atom is -0.677 e. The van der Waals surface area contributed by atoms with Crippen molar-refractivity contribution in [3.05, 3.63) is 25.0 Å². The normalized spacial score (nSPS) is 24.1. The van der Waals surface area contributed by atoms with Gasteiger partial charge in [0.15, 0.2) is 5.76 Å². The van der Waals surface area contributed by atoms with Gasteiger partial charge in [-0.15, -0.1) is 0 Å². The zero-order valence-corrected chi connectivity index (χ0v) is 10.8. The summed E-state index contributed by atoms with van der Waals surface area (Å²) in [7, 11) is 0. The average molecular weight is 394 g/mol. The molecule has 0 heterocycles. The Kier molecular flexibility index (Phi) is 10.2. The molecule has 0 saturated heterocycles. The minimum absolute atomic E-state index is 0. The fourth-order valence-corrected chi connectivity index (χ4v) is 1.21. The molecule has 0 unspecified atom stereocenters. The van der Waals surface area contributed by atoms with E-state index in [-0.39, 0.29) is 27.1 Å². The van der Waals surface area contributed by atoms with E-state index in [0.717, 1.165) is 6.42 Å². The van der Waals surface area contributed by atoms with Crippen molar-refractivity contribution in [2.45, 2.75) is 31.7 Å². The first kappa shape index (κ1) is 17.1. The molecule has 0 aromatic rings. The van der Waals surface area contributed by atoms with E-state index in [1.807, 2.05) is 0 Å². The van der Waals surface area contributed by atoms with E-state index in [1.54, 1.807) is 0 Å². The maximum Gasteiger partial charge on any atom is 2.00 e. The predicted molar refractivity (Wildman–Crippen MR) is 54.8 cm³/mol. The molecule has 4 nitrogen and oxygen atoms in total. The van der Waals surface area contributed by atoms with Gasteiger partial charge >= 0.3 is 27.0 Å². The summed E-state index contributed by atoms with van der Waals surface area (Å²) in [5, 5.41) is 15.5. The van der Waals surface area contributed by atoms with E-state index >= 15 is 0 Å². The summed E-state index contributed by atoms with van der Waals surface area (Å²) in [5.41, 5.74) is 7.42. The summed E-state index contributed by atoms with van der Waals surface area (Å²) in [6, 6.07) is 0.142. The Labute approximate surface area is 105 Å². The standard InChI is InChI=1S/C7H13N.C3H4O3.Pt/c1-6-4-2-3-5-7(6)8;1-2(4)3(5)6;/h6-8H,1-5H2;4H,1H2,(H,5,6);/q-2;;+2/t6-,7-;;/m1../s1. The van der Waals surface area contributed by atoms with Crippen LogP contribution in [0.1, 0.15) is 25.7 Å². The molecule has 1 rings (SSSR count). The molecule has 0 aromatic carbocycles. The molecule has 1 saturated carbocycles. The van der Waals surface area contributed by atoms with Crippen molar-refractivity contribution < 1.29 is 36.1 Å². The number of carboxylic acids is 1. The van der Waals surface area contributed by atoms with Crippen LogP contribution in [0, 0.1) is 12.8 Å². The van der Waals surface area contributed by atoms with Crippen LogP contribution in [0.15, 0.2) is 12.3 Å². The smallest absolute Gasteiger partial charge is 0.677 e. The van der Waals surface area contributed by atoms with Crippen molar-refractivity contribution >= 4 is 5.97 Å². The van der Waals surface area contributed by atoms with E-state index in [0.29, 0.717) is 5.92 Å². The number of aliphatic hydroxyl groups is 1. The SMILES string of the molecule is C=C(O)C(=O)O.[CH2-][C@@H]1CCCC[C@H]1[NH-].[Pt+2]. The van der Waals surface area contributed by atoms with E-state index < -0.39 is 11.7 Å². The fourth-order valence-electron chi connectivity index (χ4n) is 1.21. The molecule has 0 aliphatic heterocycles. The maximum absolute atomic E-state index is 9.35. The zero-order valence-electron chi connectivity index (χ0n) is 8.52. The predicted octanol–water partition coefficient (Wildman–Crippen LogP) is 2.57. The van der Waals surface area contributed by atoms with Crippen LogP contribution in [0.25, 0.3) is 5.73 Å². The maximum atomic E-state index is 9.35. The molecular formula is C10H17NO3Pt. The number of aliphatic hydroxyl groups excluding tert-OH is 1. The molecule has 0 spiro atoms. The Hall–Kier alpha value is -0.342. The van der Waals surface area contributed by atoms with Crippen LogP contribution in [0.5, 0.6) is 0 Å². The molecule has 15 heavy (non-hydrogen) atoms.